The van der Waals surface area contributed by atoms with Crippen molar-refractivity contribution in [2.24, 2.45) is 0 Å². The van der Waals surface area contributed by atoms with Gasteiger partial charge in [0.15, 0.2) is 5.65 Å². The molecule has 0 unspecified atom stereocenters. The summed E-state index contributed by atoms with van der Waals surface area (Å²) in [4.78, 5) is 14.2. The molecule has 28 heavy (non-hydrogen) atoms. The van der Waals surface area contributed by atoms with Gasteiger partial charge in [-0.25, -0.2) is 0 Å². The van der Waals surface area contributed by atoms with E-state index in [9.17, 15) is 4.79 Å². The van der Waals surface area contributed by atoms with Crippen molar-refractivity contribution in [3.8, 4) is 11.3 Å². The number of thioether (sulfide) groups is 1. The van der Waals surface area contributed by atoms with Crippen molar-refractivity contribution in [3.05, 3.63) is 72.3 Å². The Labute approximate surface area is 167 Å². The second kappa shape index (κ2) is 7.82. The first-order valence-corrected chi connectivity index (χ1v) is 9.84. The van der Waals surface area contributed by atoms with Gasteiger partial charge < -0.3 is 4.90 Å². The number of aromatic nitrogens is 4. The minimum atomic E-state index is -0.0114. The lowest BCUT2D eigenvalue weighted by Crippen LogP contribution is -2.27. The molecule has 4 rings (SSSR count). The summed E-state index contributed by atoms with van der Waals surface area (Å²) in [6, 6.07) is 21.6. The van der Waals surface area contributed by atoms with Crippen LogP contribution in [0.3, 0.4) is 0 Å². The van der Waals surface area contributed by atoms with E-state index in [1.54, 1.807) is 16.5 Å². The third-order valence-corrected chi connectivity index (χ3v) is 5.33. The molecule has 0 fully saturated rings. The molecule has 4 aromatic rings. The number of fused-ring (bicyclic) bond motifs is 1. The van der Waals surface area contributed by atoms with Gasteiger partial charge in [0.1, 0.15) is 0 Å². The van der Waals surface area contributed by atoms with Gasteiger partial charge in [-0.2, -0.15) is 9.61 Å². The fourth-order valence-corrected chi connectivity index (χ4v) is 3.56. The maximum absolute atomic E-state index is 12.5. The molecule has 0 radical (unpaired) electrons. The van der Waals surface area contributed by atoms with E-state index < -0.39 is 0 Å². The molecule has 0 saturated heterocycles. The van der Waals surface area contributed by atoms with E-state index in [-0.39, 0.29) is 11.7 Å². The Morgan fingerprint density at radius 1 is 1.00 bits per heavy atom. The van der Waals surface area contributed by atoms with Crippen LogP contribution in [-0.4, -0.2) is 38.5 Å². The summed E-state index contributed by atoms with van der Waals surface area (Å²) < 4.78 is 1.69. The predicted octanol–water partition coefficient (Wildman–Crippen LogP) is 3.85. The van der Waals surface area contributed by atoms with E-state index >= 15 is 0 Å². The van der Waals surface area contributed by atoms with E-state index in [1.807, 2.05) is 54.6 Å². The number of carbonyl (C=O) groups is 1. The average Bonchev–Trinajstić information content (AvgIpc) is 3.15. The highest BCUT2D eigenvalue weighted by Gasteiger charge is 2.15. The first-order valence-electron chi connectivity index (χ1n) is 8.86. The monoisotopic (exact) mass is 389 g/mol. The summed E-state index contributed by atoms with van der Waals surface area (Å²) in [5, 5.41) is 13.6. The zero-order valence-electron chi connectivity index (χ0n) is 15.6. The largest absolute Gasteiger partial charge is 0.315 e. The lowest BCUT2D eigenvalue weighted by atomic mass is 10.1. The molecule has 0 saturated carbocycles. The van der Waals surface area contributed by atoms with Crippen molar-refractivity contribution >= 4 is 29.0 Å². The third-order valence-electron chi connectivity index (χ3n) is 4.42. The number of para-hydroxylation sites is 1. The van der Waals surface area contributed by atoms with Gasteiger partial charge in [0, 0.05) is 18.3 Å². The summed E-state index contributed by atoms with van der Waals surface area (Å²) in [5.74, 6) is 0.241. The summed E-state index contributed by atoms with van der Waals surface area (Å²) in [7, 11) is 1.77. The fourth-order valence-electron chi connectivity index (χ4n) is 2.76. The van der Waals surface area contributed by atoms with E-state index in [0.29, 0.717) is 10.8 Å². The second-order valence-corrected chi connectivity index (χ2v) is 7.36. The van der Waals surface area contributed by atoms with Crippen LogP contribution in [0.25, 0.3) is 16.9 Å². The molecule has 0 atom stereocenters. The smallest absolute Gasteiger partial charge is 0.237 e. The molecular weight excluding hydrogens is 370 g/mol. The topological polar surface area (TPSA) is 63.4 Å². The molecule has 0 bridgehead atoms. The number of anilines is 1. The Hall–Kier alpha value is -3.19. The molecule has 0 aliphatic rings. The maximum Gasteiger partial charge on any atom is 0.237 e. The molecule has 2 heterocycles. The summed E-state index contributed by atoms with van der Waals surface area (Å²) in [6.45, 7) is 2.05. The zero-order valence-corrected chi connectivity index (χ0v) is 16.4. The van der Waals surface area contributed by atoms with Crippen LogP contribution in [-0.2, 0) is 4.79 Å². The first-order chi connectivity index (χ1) is 13.6. The van der Waals surface area contributed by atoms with Crippen molar-refractivity contribution in [3.63, 3.8) is 0 Å². The quantitative estimate of drug-likeness (QED) is 0.485. The highest BCUT2D eigenvalue weighted by Crippen LogP contribution is 2.22. The van der Waals surface area contributed by atoms with Crippen LogP contribution >= 0.6 is 11.8 Å². The van der Waals surface area contributed by atoms with Crippen molar-refractivity contribution in [1.82, 2.24) is 19.8 Å². The predicted molar refractivity (Wildman–Crippen MR) is 112 cm³/mol. The maximum atomic E-state index is 12.5. The Bertz CT molecular complexity index is 1110. The Balaban J connectivity index is 1.53. The molecule has 6 nitrogen and oxygen atoms in total. The van der Waals surface area contributed by atoms with Gasteiger partial charge in [-0.05, 0) is 31.2 Å². The molecule has 7 heteroatoms. The normalized spacial score (nSPS) is 10.9. The molecule has 2 aromatic heterocycles. The van der Waals surface area contributed by atoms with Crippen LogP contribution in [0.15, 0.2) is 71.9 Å². The Morgan fingerprint density at radius 3 is 2.50 bits per heavy atom. The number of carbonyl (C=O) groups excluding carboxylic acids is 1. The van der Waals surface area contributed by atoms with Gasteiger partial charge in [-0.3, -0.25) is 4.79 Å². The standard InChI is InChI=1S/C21H19N5OS/c1-15-8-10-16(11-9-15)18-12-13-19-22-23-21(26(19)24-18)28-14-20(27)25(2)17-6-4-3-5-7-17/h3-13H,14H2,1-2H3. The van der Waals surface area contributed by atoms with Gasteiger partial charge in [0.2, 0.25) is 11.1 Å². The van der Waals surface area contributed by atoms with Gasteiger partial charge in [0.25, 0.3) is 0 Å². The van der Waals surface area contributed by atoms with Crippen molar-refractivity contribution in [1.29, 1.82) is 0 Å². The molecular formula is C21H19N5OS. The number of aryl methyl sites for hydroxylation is 1. The van der Waals surface area contributed by atoms with E-state index in [4.69, 9.17) is 0 Å². The van der Waals surface area contributed by atoms with Crippen LogP contribution in [0.1, 0.15) is 5.56 Å². The number of nitrogens with zero attached hydrogens (tertiary/aromatic N) is 5. The zero-order chi connectivity index (χ0) is 19.5. The highest BCUT2D eigenvalue weighted by molar-refractivity contribution is 7.99. The number of amides is 1. The number of hydrogen-bond acceptors (Lipinski definition) is 5. The van der Waals surface area contributed by atoms with Crippen LogP contribution in [0, 0.1) is 6.92 Å². The number of rotatable bonds is 5. The Kier molecular flexibility index (Phi) is 5.08. The highest BCUT2D eigenvalue weighted by atomic mass is 32.2. The van der Waals surface area contributed by atoms with Crippen LogP contribution in [0.2, 0.25) is 0 Å². The average molecular weight is 389 g/mol. The molecule has 0 aliphatic carbocycles. The second-order valence-electron chi connectivity index (χ2n) is 6.41. The fraction of sp³-hybridized carbons (Fsp3) is 0.143. The van der Waals surface area contributed by atoms with Crippen LogP contribution in [0.5, 0.6) is 0 Å². The molecule has 2 aromatic carbocycles. The molecule has 1 amide bonds. The summed E-state index contributed by atoms with van der Waals surface area (Å²) in [6.07, 6.45) is 0. The van der Waals surface area contributed by atoms with Gasteiger partial charge >= 0.3 is 0 Å². The number of benzene rings is 2. The third kappa shape index (κ3) is 3.75. The van der Waals surface area contributed by atoms with Gasteiger partial charge in [-0.15, -0.1) is 10.2 Å². The summed E-state index contributed by atoms with van der Waals surface area (Å²) in [5.41, 5.74) is 4.58. The minimum Gasteiger partial charge on any atom is -0.315 e. The number of hydrogen-bond donors (Lipinski definition) is 0. The molecule has 140 valence electrons. The van der Waals surface area contributed by atoms with Crippen LogP contribution < -0.4 is 4.90 Å². The molecule has 0 aliphatic heterocycles. The SMILES string of the molecule is Cc1ccc(-c2ccc3nnc(SCC(=O)N(C)c4ccccc4)n3n2)cc1. The van der Waals surface area contributed by atoms with Crippen molar-refractivity contribution < 1.29 is 4.79 Å². The molecule has 0 spiro atoms. The minimum absolute atomic E-state index is 0.0114. The lowest BCUT2D eigenvalue weighted by molar-refractivity contribution is -0.115. The Morgan fingerprint density at radius 2 is 1.75 bits per heavy atom. The van der Waals surface area contributed by atoms with E-state index in [0.717, 1.165) is 16.9 Å². The van der Waals surface area contributed by atoms with Gasteiger partial charge in [-0.1, -0.05) is 59.8 Å². The van der Waals surface area contributed by atoms with Crippen molar-refractivity contribution in [2.75, 3.05) is 17.7 Å². The lowest BCUT2D eigenvalue weighted by Gasteiger charge is -2.16. The van der Waals surface area contributed by atoms with Crippen LogP contribution in [0.4, 0.5) is 5.69 Å². The van der Waals surface area contributed by atoms with Crippen molar-refractivity contribution in [2.45, 2.75) is 12.1 Å². The van der Waals surface area contributed by atoms with E-state index in [1.165, 1.54) is 17.3 Å². The molecule has 0 N–H and O–H groups in total. The first kappa shape index (κ1) is 18.2. The summed E-state index contributed by atoms with van der Waals surface area (Å²) >= 11 is 1.33. The van der Waals surface area contributed by atoms with E-state index in [2.05, 4.69) is 34.4 Å². The van der Waals surface area contributed by atoms with Gasteiger partial charge in [0.05, 0.1) is 11.4 Å².